The highest BCUT2D eigenvalue weighted by atomic mass is 79.9. The molecule has 0 radical (unpaired) electrons. The molecule has 18 heavy (non-hydrogen) atoms. The molecule has 0 amide bonds. The smallest absolute Gasteiger partial charge is 0.144 e. The third-order valence-electron chi connectivity index (χ3n) is 2.73. The van der Waals surface area contributed by atoms with Crippen LogP contribution in [0.15, 0.2) is 41.0 Å². The molecule has 0 aliphatic heterocycles. The molecule has 0 spiro atoms. The van der Waals surface area contributed by atoms with Gasteiger partial charge in [0.2, 0.25) is 0 Å². The Bertz CT molecular complexity index is 521. The van der Waals surface area contributed by atoms with Gasteiger partial charge in [0.25, 0.3) is 0 Å². The summed E-state index contributed by atoms with van der Waals surface area (Å²) in [5.41, 5.74) is 3.58. The lowest BCUT2D eigenvalue weighted by atomic mass is 10.1. The summed E-state index contributed by atoms with van der Waals surface area (Å²) in [4.78, 5) is 4.37. The lowest BCUT2D eigenvalue weighted by Gasteiger charge is -2.08. The normalized spacial score (nSPS) is 10.4. The number of aryl methyl sites for hydroxylation is 2. The molecule has 1 N–H and O–H groups in total. The van der Waals surface area contributed by atoms with Crippen LogP contribution in [0, 0.1) is 6.92 Å². The molecule has 0 atom stereocenters. The molecule has 1 heterocycles. The van der Waals surface area contributed by atoms with Crippen molar-refractivity contribution < 1.29 is 0 Å². The van der Waals surface area contributed by atoms with Crippen molar-refractivity contribution in [3.05, 3.63) is 52.1 Å². The Balaban J connectivity index is 2.13. The van der Waals surface area contributed by atoms with Crippen molar-refractivity contribution in [3.63, 3.8) is 0 Å². The van der Waals surface area contributed by atoms with Crippen LogP contribution in [0.25, 0.3) is 0 Å². The summed E-state index contributed by atoms with van der Waals surface area (Å²) < 4.78 is 0.986. The van der Waals surface area contributed by atoms with Crippen LogP contribution < -0.4 is 5.32 Å². The van der Waals surface area contributed by atoms with Gasteiger partial charge in [0.05, 0.1) is 4.47 Å². The van der Waals surface area contributed by atoms with E-state index >= 15 is 0 Å². The van der Waals surface area contributed by atoms with Gasteiger partial charge in [0.15, 0.2) is 0 Å². The van der Waals surface area contributed by atoms with Crippen molar-refractivity contribution in [2.24, 2.45) is 0 Å². The number of aromatic nitrogens is 1. The number of rotatable bonds is 4. The van der Waals surface area contributed by atoms with E-state index in [0.29, 0.717) is 0 Å². The van der Waals surface area contributed by atoms with Crippen LogP contribution in [0.1, 0.15) is 24.5 Å². The molecule has 0 unspecified atom stereocenters. The minimum absolute atomic E-state index is 0.851. The van der Waals surface area contributed by atoms with Gasteiger partial charge in [-0.25, -0.2) is 4.98 Å². The van der Waals surface area contributed by atoms with Gasteiger partial charge in [0.1, 0.15) is 5.82 Å². The molecule has 3 heteroatoms. The van der Waals surface area contributed by atoms with Crippen molar-refractivity contribution >= 4 is 27.4 Å². The minimum atomic E-state index is 0.851. The van der Waals surface area contributed by atoms with Crippen LogP contribution in [0.3, 0.4) is 0 Å². The molecule has 1 aromatic heterocycles. The highest BCUT2D eigenvalue weighted by Crippen LogP contribution is 2.24. The summed E-state index contributed by atoms with van der Waals surface area (Å²) in [6, 6.07) is 10.6. The third-order valence-corrected chi connectivity index (χ3v) is 3.34. The van der Waals surface area contributed by atoms with E-state index < -0.39 is 0 Å². The number of hydrogen-bond donors (Lipinski definition) is 1. The van der Waals surface area contributed by atoms with Crippen LogP contribution in [-0.2, 0) is 6.42 Å². The second-order valence-corrected chi connectivity index (χ2v) is 5.27. The number of benzene rings is 1. The Morgan fingerprint density at radius 2 is 1.94 bits per heavy atom. The average Bonchev–Trinajstić information content (AvgIpc) is 2.35. The zero-order valence-electron chi connectivity index (χ0n) is 10.7. The number of nitrogens with zero attached hydrogens (tertiary/aromatic N) is 1. The zero-order valence-corrected chi connectivity index (χ0v) is 12.3. The first-order chi connectivity index (χ1) is 8.69. The zero-order chi connectivity index (χ0) is 13.0. The molecule has 2 nitrogen and oxygen atoms in total. The maximum Gasteiger partial charge on any atom is 0.144 e. The Kier molecular flexibility index (Phi) is 4.37. The van der Waals surface area contributed by atoms with Crippen molar-refractivity contribution in [3.8, 4) is 0 Å². The topological polar surface area (TPSA) is 24.9 Å². The van der Waals surface area contributed by atoms with Gasteiger partial charge in [-0.3, -0.25) is 0 Å². The van der Waals surface area contributed by atoms with E-state index in [2.05, 4.69) is 63.5 Å². The van der Waals surface area contributed by atoms with Gasteiger partial charge in [-0.2, -0.15) is 0 Å². The van der Waals surface area contributed by atoms with E-state index in [-0.39, 0.29) is 0 Å². The van der Waals surface area contributed by atoms with Gasteiger partial charge >= 0.3 is 0 Å². The maximum absolute atomic E-state index is 4.37. The van der Waals surface area contributed by atoms with Crippen molar-refractivity contribution in [1.29, 1.82) is 0 Å². The molecule has 0 fully saturated rings. The summed E-state index contributed by atoms with van der Waals surface area (Å²) in [7, 11) is 0. The molecule has 0 aliphatic rings. The molecular weight excluding hydrogens is 288 g/mol. The predicted octanol–water partition coefficient (Wildman–Crippen LogP) is 4.85. The molecule has 0 bridgehead atoms. The van der Waals surface area contributed by atoms with Crippen LogP contribution in [-0.4, -0.2) is 4.98 Å². The Morgan fingerprint density at radius 1 is 1.22 bits per heavy atom. The number of halogens is 1. The number of hydrogen-bond acceptors (Lipinski definition) is 2. The van der Waals surface area contributed by atoms with E-state index in [1.807, 2.05) is 13.1 Å². The SMILES string of the molecule is CCCc1ccc(Nc2ncc(C)cc2Br)cc1. The lowest BCUT2D eigenvalue weighted by Crippen LogP contribution is -1.95. The monoisotopic (exact) mass is 304 g/mol. The van der Waals surface area contributed by atoms with E-state index in [4.69, 9.17) is 0 Å². The highest BCUT2D eigenvalue weighted by molar-refractivity contribution is 9.10. The quantitative estimate of drug-likeness (QED) is 0.873. The van der Waals surface area contributed by atoms with Gasteiger partial charge in [-0.05, 0) is 58.6 Å². The fraction of sp³-hybridized carbons (Fsp3) is 0.267. The standard InChI is InChI=1S/C15H17BrN2/c1-3-4-12-5-7-13(8-6-12)18-15-14(16)9-11(2)10-17-15/h5-10H,3-4H2,1-2H3,(H,17,18). The van der Waals surface area contributed by atoms with Gasteiger partial charge in [0, 0.05) is 11.9 Å². The van der Waals surface area contributed by atoms with Gasteiger partial charge < -0.3 is 5.32 Å². The molecule has 1 aromatic carbocycles. The second kappa shape index (κ2) is 6.01. The van der Waals surface area contributed by atoms with Gasteiger partial charge in [-0.15, -0.1) is 0 Å². The van der Waals surface area contributed by atoms with Crippen molar-refractivity contribution in [2.45, 2.75) is 26.7 Å². The fourth-order valence-corrected chi connectivity index (χ4v) is 2.37. The Hall–Kier alpha value is -1.35. The molecule has 2 aromatic rings. The predicted molar refractivity (Wildman–Crippen MR) is 80.4 cm³/mol. The van der Waals surface area contributed by atoms with E-state index in [1.165, 1.54) is 12.0 Å². The molecular formula is C15H17BrN2. The molecule has 94 valence electrons. The second-order valence-electron chi connectivity index (χ2n) is 4.42. The third kappa shape index (κ3) is 3.33. The number of anilines is 2. The van der Waals surface area contributed by atoms with Crippen LogP contribution in [0.2, 0.25) is 0 Å². The number of nitrogens with one attached hydrogen (secondary N) is 1. The molecule has 0 saturated carbocycles. The number of pyridine rings is 1. The average molecular weight is 305 g/mol. The summed E-state index contributed by atoms with van der Waals surface area (Å²) >= 11 is 3.52. The summed E-state index contributed by atoms with van der Waals surface area (Å²) in [6.45, 7) is 4.22. The lowest BCUT2D eigenvalue weighted by molar-refractivity contribution is 0.922. The Morgan fingerprint density at radius 3 is 2.56 bits per heavy atom. The first-order valence-electron chi connectivity index (χ1n) is 6.17. The highest BCUT2D eigenvalue weighted by Gasteiger charge is 2.02. The van der Waals surface area contributed by atoms with Crippen molar-refractivity contribution in [1.82, 2.24) is 4.98 Å². The summed E-state index contributed by atoms with van der Waals surface area (Å²) in [5.74, 6) is 0.851. The maximum atomic E-state index is 4.37. The minimum Gasteiger partial charge on any atom is -0.339 e. The van der Waals surface area contributed by atoms with Gasteiger partial charge in [-0.1, -0.05) is 25.5 Å². The van der Waals surface area contributed by atoms with E-state index in [0.717, 1.165) is 28.0 Å². The molecule has 0 saturated heterocycles. The first-order valence-corrected chi connectivity index (χ1v) is 6.96. The van der Waals surface area contributed by atoms with Crippen LogP contribution >= 0.6 is 15.9 Å². The fourth-order valence-electron chi connectivity index (χ4n) is 1.81. The molecule has 2 rings (SSSR count). The van der Waals surface area contributed by atoms with E-state index in [9.17, 15) is 0 Å². The summed E-state index contributed by atoms with van der Waals surface area (Å²) in [6.07, 6.45) is 4.17. The van der Waals surface area contributed by atoms with Crippen LogP contribution in [0.5, 0.6) is 0 Å². The van der Waals surface area contributed by atoms with Crippen LogP contribution in [0.4, 0.5) is 11.5 Å². The Labute approximate surface area is 117 Å². The molecule has 0 aliphatic carbocycles. The largest absolute Gasteiger partial charge is 0.339 e. The van der Waals surface area contributed by atoms with Crippen molar-refractivity contribution in [2.75, 3.05) is 5.32 Å². The van der Waals surface area contributed by atoms with E-state index in [1.54, 1.807) is 0 Å². The summed E-state index contributed by atoms with van der Waals surface area (Å²) in [5, 5.41) is 3.31. The first kappa shape index (κ1) is 13.1.